The molecule has 0 bridgehead atoms. The van der Waals surface area contributed by atoms with Gasteiger partial charge in [0.25, 0.3) is 0 Å². The molecule has 5 nitrogen and oxygen atoms in total. The Balaban J connectivity index is 1.63. The molecule has 0 aromatic carbocycles. The minimum atomic E-state index is 0.128. The van der Waals surface area contributed by atoms with Crippen LogP contribution in [0.2, 0.25) is 0 Å². The van der Waals surface area contributed by atoms with E-state index in [1.807, 2.05) is 23.9 Å². The first kappa shape index (κ1) is 24.2. The number of carbonyl (C=O) groups is 2. The maximum Gasteiger partial charge on any atom is 0.224 e. The van der Waals surface area contributed by atoms with Crippen LogP contribution in [0.1, 0.15) is 96.3 Å². The van der Waals surface area contributed by atoms with Crippen LogP contribution in [0.4, 0.5) is 0 Å². The van der Waals surface area contributed by atoms with Crippen LogP contribution in [0.3, 0.4) is 0 Å². The second kappa shape index (κ2) is 14.0. The third kappa shape index (κ3) is 9.06. The second-order valence-electron chi connectivity index (χ2n) is 9.32. The van der Waals surface area contributed by atoms with Crippen LogP contribution in [0.15, 0.2) is 0 Å². The number of carbonyl (C=O) groups excluding carboxylic acids is 2. The molecule has 168 valence electrons. The number of nitrogens with zero attached hydrogens (tertiary/aromatic N) is 2. The van der Waals surface area contributed by atoms with Gasteiger partial charge in [0.15, 0.2) is 0 Å². The van der Waals surface area contributed by atoms with Gasteiger partial charge in [-0.15, -0.1) is 0 Å². The predicted octanol–water partition coefficient (Wildman–Crippen LogP) is 4.36. The van der Waals surface area contributed by atoms with Gasteiger partial charge in [0.1, 0.15) is 0 Å². The molecule has 1 saturated carbocycles. The minimum absolute atomic E-state index is 0.128. The lowest BCUT2D eigenvalue weighted by atomic mass is 9.86. The fraction of sp³-hybridized carbons (Fsp3) is 0.917. The van der Waals surface area contributed by atoms with E-state index in [2.05, 4.69) is 5.32 Å². The van der Waals surface area contributed by atoms with Crippen LogP contribution < -0.4 is 5.32 Å². The van der Waals surface area contributed by atoms with Crippen LogP contribution >= 0.6 is 0 Å². The summed E-state index contributed by atoms with van der Waals surface area (Å²) in [6.07, 6.45) is 17.0. The Hall–Kier alpha value is -1.10. The first-order valence-corrected chi connectivity index (χ1v) is 12.3. The molecule has 1 aliphatic carbocycles. The van der Waals surface area contributed by atoms with Crippen molar-refractivity contribution in [2.45, 2.75) is 102 Å². The molecule has 2 fully saturated rings. The highest BCUT2D eigenvalue weighted by Gasteiger charge is 2.30. The Morgan fingerprint density at radius 3 is 2.48 bits per heavy atom. The van der Waals surface area contributed by atoms with Crippen molar-refractivity contribution in [3.8, 4) is 0 Å². The number of hydrogen-bond donors (Lipinski definition) is 1. The lowest BCUT2D eigenvalue weighted by molar-refractivity contribution is -0.135. The van der Waals surface area contributed by atoms with Crippen molar-refractivity contribution >= 4 is 11.8 Å². The molecular formula is C24H45N3O2. The number of unbranched alkanes of at least 4 members (excludes halogenated alkanes) is 3. The fourth-order valence-electron chi connectivity index (χ4n) is 5.02. The van der Waals surface area contributed by atoms with Gasteiger partial charge in [-0.2, -0.15) is 0 Å². The first-order valence-electron chi connectivity index (χ1n) is 12.3. The summed E-state index contributed by atoms with van der Waals surface area (Å²) >= 11 is 0. The third-order valence-corrected chi connectivity index (χ3v) is 6.93. The fourth-order valence-corrected chi connectivity index (χ4v) is 5.02. The lowest BCUT2D eigenvalue weighted by Gasteiger charge is -2.27. The molecule has 1 heterocycles. The van der Waals surface area contributed by atoms with E-state index >= 15 is 0 Å². The lowest BCUT2D eigenvalue weighted by Crippen LogP contribution is -2.39. The van der Waals surface area contributed by atoms with Crippen molar-refractivity contribution in [2.24, 2.45) is 5.92 Å². The quantitative estimate of drug-likeness (QED) is 0.462. The van der Waals surface area contributed by atoms with Gasteiger partial charge in [-0.3, -0.25) is 9.59 Å². The van der Waals surface area contributed by atoms with E-state index in [4.69, 9.17) is 0 Å². The van der Waals surface area contributed by atoms with Crippen molar-refractivity contribution in [2.75, 3.05) is 33.7 Å². The van der Waals surface area contributed by atoms with Crippen LogP contribution in [-0.2, 0) is 9.59 Å². The maximum absolute atomic E-state index is 12.7. The number of amides is 2. The monoisotopic (exact) mass is 407 g/mol. The molecule has 5 heteroatoms. The van der Waals surface area contributed by atoms with Crippen LogP contribution in [0, 0.1) is 5.92 Å². The number of nitrogens with one attached hydrogen (secondary N) is 1. The molecule has 0 aromatic heterocycles. The number of hydrogen-bond acceptors (Lipinski definition) is 3. The highest BCUT2D eigenvalue weighted by atomic mass is 16.2. The summed E-state index contributed by atoms with van der Waals surface area (Å²) in [6, 6.07) is 0.128. The van der Waals surface area contributed by atoms with Crippen molar-refractivity contribution in [1.29, 1.82) is 0 Å². The van der Waals surface area contributed by atoms with Gasteiger partial charge in [-0.1, -0.05) is 44.9 Å². The van der Waals surface area contributed by atoms with Gasteiger partial charge in [0.2, 0.25) is 11.8 Å². The van der Waals surface area contributed by atoms with E-state index in [1.54, 1.807) is 0 Å². The van der Waals surface area contributed by atoms with Crippen LogP contribution in [-0.4, -0.2) is 61.4 Å². The summed E-state index contributed by atoms with van der Waals surface area (Å²) in [4.78, 5) is 29.3. The standard InChI is InChI=1S/C24H45N3O2/c1-25-17-8-3-4-9-18-26(2)24(29)20-22-15-11-19-27(22)23(28)16-10-14-21-12-6-5-7-13-21/h21-22,25H,3-20H2,1-2H3. The van der Waals surface area contributed by atoms with Crippen molar-refractivity contribution in [3.63, 3.8) is 0 Å². The van der Waals surface area contributed by atoms with Gasteiger partial charge in [0.05, 0.1) is 0 Å². The van der Waals surface area contributed by atoms with Gasteiger partial charge in [0, 0.05) is 39.0 Å². The predicted molar refractivity (Wildman–Crippen MR) is 120 cm³/mol. The molecule has 1 atom stereocenters. The molecular weight excluding hydrogens is 362 g/mol. The zero-order chi connectivity index (χ0) is 20.9. The molecule has 2 rings (SSSR count). The molecule has 1 saturated heterocycles. The average molecular weight is 408 g/mol. The molecule has 0 spiro atoms. The topological polar surface area (TPSA) is 52.7 Å². The van der Waals surface area contributed by atoms with Gasteiger partial charge >= 0.3 is 0 Å². The average Bonchev–Trinajstić information content (AvgIpc) is 3.19. The molecule has 1 unspecified atom stereocenters. The van der Waals surface area contributed by atoms with Gasteiger partial charge < -0.3 is 15.1 Å². The van der Waals surface area contributed by atoms with Gasteiger partial charge in [-0.25, -0.2) is 0 Å². The molecule has 1 aliphatic heterocycles. The van der Waals surface area contributed by atoms with E-state index in [1.165, 1.54) is 57.8 Å². The summed E-state index contributed by atoms with van der Waals surface area (Å²) in [6.45, 7) is 2.75. The minimum Gasteiger partial charge on any atom is -0.346 e. The maximum atomic E-state index is 12.7. The summed E-state index contributed by atoms with van der Waals surface area (Å²) in [5.74, 6) is 1.33. The summed E-state index contributed by atoms with van der Waals surface area (Å²) in [5.41, 5.74) is 0. The Morgan fingerprint density at radius 1 is 0.966 bits per heavy atom. The molecule has 0 radical (unpaired) electrons. The van der Waals surface area contributed by atoms with Crippen LogP contribution in [0.25, 0.3) is 0 Å². The molecule has 2 aliphatic rings. The largest absolute Gasteiger partial charge is 0.346 e. The number of likely N-dealkylation sites (tertiary alicyclic amines) is 1. The smallest absolute Gasteiger partial charge is 0.224 e. The zero-order valence-electron chi connectivity index (χ0n) is 19.1. The van der Waals surface area contributed by atoms with Crippen molar-refractivity contribution < 1.29 is 9.59 Å². The van der Waals surface area contributed by atoms with E-state index < -0.39 is 0 Å². The highest BCUT2D eigenvalue weighted by Crippen LogP contribution is 2.28. The second-order valence-corrected chi connectivity index (χ2v) is 9.32. The third-order valence-electron chi connectivity index (χ3n) is 6.93. The molecule has 29 heavy (non-hydrogen) atoms. The van der Waals surface area contributed by atoms with Crippen molar-refractivity contribution in [1.82, 2.24) is 15.1 Å². The SMILES string of the molecule is CNCCCCCCN(C)C(=O)CC1CCCN1C(=O)CCCC1CCCCC1. The summed E-state index contributed by atoms with van der Waals surface area (Å²) in [5, 5.41) is 3.17. The molecule has 0 aromatic rings. The molecule has 2 amide bonds. The summed E-state index contributed by atoms with van der Waals surface area (Å²) < 4.78 is 0. The Bertz CT molecular complexity index is 477. The van der Waals surface area contributed by atoms with E-state index in [0.717, 1.165) is 51.2 Å². The first-order chi connectivity index (χ1) is 14.1. The van der Waals surface area contributed by atoms with E-state index in [9.17, 15) is 9.59 Å². The van der Waals surface area contributed by atoms with Gasteiger partial charge in [-0.05, 0) is 58.0 Å². The Kier molecular flexibility index (Phi) is 11.7. The van der Waals surface area contributed by atoms with E-state index in [0.29, 0.717) is 12.8 Å². The molecule has 1 N–H and O–H groups in total. The number of rotatable bonds is 13. The van der Waals surface area contributed by atoms with Crippen LogP contribution in [0.5, 0.6) is 0 Å². The normalized spacial score (nSPS) is 20.2. The Morgan fingerprint density at radius 2 is 1.72 bits per heavy atom. The highest BCUT2D eigenvalue weighted by molar-refractivity contribution is 5.80. The van der Waals surface area contributed by atoms with E-state index in [-0.39, 0.29) is 17.9 Å². The summed E-state index contributed by atoms with van der Waals surface area (Å²) in [7, 11) is 3.90. The zero-order valence-corrected chi connectivity index (χ0v) is 19.1. The Labute approximate surface area is 179 Å². The van der Waals surface area contributed by atoms with Crippen molar-refractivity contribution in [3.05, 3.63) is 0 Å².